The summed E-state index contributed by atoms with van der Waals surface area (Å²) in [6.45, 7) is 0. The van der Waals surface area contributed by atoms with Crippen LogP contribution in [0.15, 0.2) is 48.6 Å². The molecular weight excluding hydrogens is 194 g/mol. The van der Waals surface area contributed by atoms with E-state index in [-0.39, 0.29) is 0 Å². The first-order valence-electron chi connectivity index (χ1n) is 6.11. The van der Waals surface area contributed by atoms with Gasteiger partial charge in [0.25, 0.3) is 0 Å². The number of anilines is 1. The van der Waals surface area contributed by atoms with Gasteiger partial charge in [0.05, 0.1) is 0 Å². The van der Waals surface area contributed by atoms with Crippen LogP contribution in [0, 0.1) is 5.92 Å². The molecule has 1 heteroatoms. The average molecular weight is 211 g/mol. The maximum atomic E-state index is 3.68. The first-order chi connectivity index (χ1) is 7.93. The normalized spacial score (nSPS) is 27.2. The van der Waals surface area contributed by atoms with Gasteiger partial charge in [0.15, 0.2) is 0 Å². The molecule has 1 N–H and O–H groups in total. The number of fused-ring (bicyclic) bond motifs is 1. The summed E-state index contributed by atoms with van der Waals surface area (Å²) >= 11 is 0. The smallest absolute Gasteiger partial charge is 0.0375 e. The van der Waals surface area contributed by atoms with E-state index in [1.807, 2.05) is 0 Å². The summed E-state index contributed by atoms with van der Waals surface area (Å²) in [7, 11) is 0. The Morgan fingerprint density at radius 3 is 2.94 bits per heavy atom. The molecule has 3 rings (SSSR count). The third kappa shape index (κ3) is 1.78. The number of nitrogens with one attached hydrogen (secondary N) is 1. The predicted octanol–water partition coefficient (Wildman–Crippen LogP) is 3.55. The quantitative estimate of drug-likeness (QED) is 0.749. The van der Waals surface area contributed by atoms with Crippen LogP contribution >= 0.6 is 0 Å². The fourth-order valence-corrected chi connectivity index (χ4v) is 2.68. The number of hydrogen-bond donors (Lipinski definition) is 1. The van der Waals surface area contributed by atoms with E-state index in [4.69, 9.17) is 0 Å². The molecular formula is C15H17N. The monoisotopic (exact) mass is 211 g/mol. The van der Waals surface area contributed by atoms with E-state index in [1.165, 1.54) is 30.5 Å². The second-order valence-corrected chi connectivity index (χ2v) is 4.66. The fraction of sp³-hybridized carbons (Fsp3) is 0.333. The molecule has 1 aliphatic heterocycles. The maximum Gasteiger partial charge on any atom is 0.0375 e. The van der Waals surface area contributed by atoms with Crippen molar-refractivity contribution in [3.8, 4) is 0 Å². The van der Waals surface area contributed by atoms with Gasteiger partial charge in [0.2, 0.25) is 0 Å². The highest BCUT2D eigenvalue weighted by atomic mass is 14.9. The summed E-state index contributed by atoms with van der Waals surface area (Å²) in [6.07, 6.45) is 12.6. The van der Waals surface area contributed by atoms with Crippen LogP contribution in [0.5, 0.6) is 0 Å². The summed E-state index contributed by atoms with van der Waals surface area (Å²) < 4.78 is 0. The van der Waals surface area contributed by atoms with Crippen molar-refractivity contribution in [2.75, 3.05) is 5.32 Å². The van der Waals surface area contributed by atoms with Crippen molar-refractivity contribution >= 4 is 5.69 Å². The minimum atomic E-state index is 0.607. The zero-order valence-electron chi connectivity index (χ0n) is 9.39. The fourth-order valence-electron chi connectivity index (χ4n) is 2.68. The molecule has 1 heterocycles. The molecule has 2 aliphatic rings. The van der Waals surface area contributed by atoms with Crippen LogP contribution in [-0.4, -0.2) is 6.04 Å². The van der Waals surface area contributed by atoms with Gasteiger partial charge in [-0.05, 0) is 30.9 Å². The van der Waals surface area contributed by atoms with Crippen LogP contribution in [0.4, 0.5) is 5.69 Å². The van der Waals surface area contributed by atoms with E-state index in [2.05, 4.69) is 53.9 Å². The van der Waals surface area contributed by atoms with Crippen LogP contribution in [-0.2, 0) is 6.42 Å². The van der Waals surface area contributed by atoms with Crippen molar-refractivity contribution < 1.29 is 0 Å². The van der Waals surface area contributed by atoms with Gasteiger partial charge >= 0.3 is 0 Å². The zero-order valence-corrected chi connectivity index (χ0v) is 9.39. The number of rotatable bonds is 1. The van der Waals surface area contributed by atoms with Crippen molar-refractivity contribution in [1.82, 2.24) is 0 Å². The van der Waals surface area contributed by atoms with Crippen molar-refractivity contribution in [3.63, 3.8) is 0 Å². The highest BCUT2D eigenvalue weighted by molar-refractivity contribution is 5.54. The number of hydrogen-bond acceptors (Lipinski definition) is 1. The Hall–Kier alpha value is -1.50. The standard InChI is InChI=1S/C15H17N/c1-2-6-12(7-3-1)15-11-10-13-8-4-5-9-14(13)16-15/h1-6,8-9,12,15-16H,7,10-11H2/t12?,15-/m1/s1. The minimum absolute atomic E-state index is 0.607. The van der Waals surface area contributed by atoms with Crippen molar-refractivity contribution in [3.05, 3.63) is 54.1 Å². The molecule has 0 fully saturated rings. The lowest BCUT2D eigenvalue weighted by molar-refractivity contribution is 0.491. The summed E-state index contributed by atoms with van der Waals surface area (Å²) in [5.74, 6) is 0.665. The van der Waals surface area contributed by atoms with Crippen LogP contribution in [0.2, 0.25) is 0 Å². The Labute approximate surface area is 96.9 Å². The first-order valence-corrected chi connectivity index (χ1v) is 6.11. The summed E-state index contributed by atoms with van der Waals surface area (Å²) in [4.78, 5) is 0. The van der Waals surface area contributed by atoms with Gasteiger partial charge < -0.3 is 5.32 Å². The van der Waals surface area contributed by atoms with Gasteiger partial charge in [-0.2, -0.15) is 0 Å². The van der Waals surface area contributed by atoms with Gasteiger partial charge in [-0.25, -0.2) is 0 Å². The second kappa shape index (κ2) is 4.17. The van der Waals surface area contributed by atoms with E-state index in [9.17, 15) is 0 Å². The molecule has 0 aromatic heterocycles. The molecule has 0 spiro atoms. The van der Waals surface area contributed by atoms with Crippen LogP contribution in [0.1, 0.15) is 18.4 Å². The third-order valence-corrected chi connectivity index (χ3v) is 3.61. The highest BCUT2D eigenvalue weighted by Gasteiger charge is 2.23. The van der Waals surface area contributed by atoms with Crippen LogP contribution < -0.4 is 5.32 Å². The molecule has 1 aliphatic carbocycles. The number of para-hydroxylation sites is 1. The highest BCUT2D eigenvalue weighted by Crippen LogP contribution is 2.30. The number of allylic oxidation sites excluding steroid dienone is 3. The summed E-state index contributed by atoms with van der Waals surface area (Å²) in [5.41, 5.74) is 2.80. The number of benzene rings is 1. The molecule has 1 nitrogen and oxygen atoms in total. The summed E-state index contributed by atoms with van der Waals surface area (Å²) in [5, 5.41) is 3.68. The lowest BCUT2D eigenvalue weighted by Crippen LogP contribution is -2.32. The molecule has 0 amide bonds. The lowest BCUT2D eigenvalue weighted by atomic mass is 9.86. The van der Waals surface area contributed by atoms with E-state index in [0.717, 1.165) is 0 Å². The van der Waals surface area contributed by atoms with Crippen molar-refractivity contribution in [2.24, 2.45) is 5.92 Å². The van der Waals surface area contributed by atoms with E-state index < -0.39 is 0 Å². The van der Waals surface area contributed by atoms with E-state index in [1.54, 1.807) is 0 Å². The second-order valence-electron chi connectivity index (χ2n) is 4.66. The Kier molecular flexibility index (Phi) is 2.53. The zero-order chi connectivity index (χ0) is 10.8. The van der Waals surface area contributed by atoms with Gasteiger partial charge in [-0.1, -0.05) is 42.5 Å². The molecule has 0 saturated carbocycles. The van der Waals surface area contributed by atoms with E-state index in [0.29, 0.717) is 12.0 Å². The van der Waals surface area contributed by atoms with Gasteiger partial charge in [-0.3, -0.25) is 0 Å². The largest absolute Gasteiger partial charge is 0.381 e. The average Bonchev–Trinajstić information content (AvgIpc) is 2.39. The molecule has 1 unspecified atom stereocenters. The SMILES string of the molecule is C1=CCC([C@H]2CCc3ccccc3N2)C=C1. The third-order valence-electron chi connectivity index (χ3n) is 3.61. The Morgan fingerprint density at radius 1 is 1.12 bits per heavy atom. The number of aryl methyl sites for hydroxylation is 1. The van der Waals surface area contributed by atoms with Crippen LogP contribution in [0.3, 0.4) is 0 Å². The molecule has 0 saturated heterocycles. The summed E-state index contributed by atoms with van der Waals surface area (Å²) in [6, 6.07) is 9.28. The van der Waals surface area contributed by atoms with Crippen molar-refractivity contribution in [2.45, 2.75) is 25.3 Å². The molecule has 1 aromatic rings. The molecule has 0 bridgehead atoms. The Balaban J connectivity index is 1.77. The molecule has 16 heavy (non-hydrogen) atoms. The minimum Gasteiger partial charge on any atom is -0.381 e. The van der Waals surface area contributed by atoms with Crippen LogP contribution in [0.25, 0.3) is 0 Å². The first kappa shape index (κ1) is 9.71. The topological polar surface area (TPSA) is 12.0 Å². The van der Waals surface area contributed by atoms with Gasteiger partial charge in [0, 0.05) is 17.6 Å². The Bertz CT molecular complexity index is 431. The van der Waals surface area contributed by atoms with E-state index >= 15 is 0 Å². The molecule has 2 atom stereocenters. The van der Waals surface area contributed by atoms with Gasteiger partial charge in [0.1, 0.15) is 0 Å². The van der Waals surface area contributed by atoms with Crippen molar-refractivity contribution in [1.29, 1.82) is 0 Å². The Morgan fingerprint density at radius 2 is 2.06 bits per heavy atom. The molecule has 82 valence electrons. The molecule has 1 aromatic carbocycles. The van der Waals surface area contributed by atoms with Gasteiger partial charge in [-0.15, -0.1) is 0 Å². The molecule has 0 radical (unpaired) electrons. The maximum absolute atomic E-state index is 3.68. The lowest BCUT2D eigenvalue weighted by Gasteiger charge is -2.32. The predicted molar refractivity (Wildman–Crippen MR) is 68.6 cm³/mol.